The summed E-state index contributed by atoms with van der Waals surface area (Å²) < 4.78 is 32.4. The van der Waals surface area contributed by atoms with Crippen LogP contribution in [0.2, 0.25) is 0 Å². The first kappa shape index (κ1) is 20.6. The second-order valence-corrected chi connectivity index (χ2v) is 10.5. The summed E-state index contributed by atoms with van der Waals surface area (Å²) in [5, 5.41) is 4.43. The fourth-order valence-corrected chi connectivity index (χ4v) is 6.46. The highest BCUT2D eigenvalue weighted by Crippen LogP contribution is 2.47. The number of anilines is 1. The van der Waals surface area contributed by atoms with Gasteiger partial charge in [0, 0.05) is 28.2 Å². The molecule has 1 atom stereocenters. The second-order valence-electron chi connectivity index (χ2n) is 7.70. The molecule has 3 aromatic rings. The Morgan fingerprint density at radius 2 is 1.80 bits per heavy atom. The molecule has 0 bridgehead atoms. The highest BCUT2D eigenvalue weighted by molar-refractivity contribution is 7.91. The number of hydrogen-bond donors (Lipinski definition) is 1. The van der Waals surface area contributed by atoms with Gasteiger partial charge < -0.3 is 10.1 Å². The van der Waals surface area contributed by atoms with Gasteiger partial charge in [-0.3, -0.25) is 4.79 Å². The number of carbonyl (C=O) groups excluding carboxylic acids is 1. The number of sulfone groups is 1. The topological polar surface area (TPSA) is 72.5 Å². The Balaban J connectivity index is 1.78. The maximum Gasteiger partial charge on any atom is 0.225 e. The first-order valence-corrected chi connectivity index (χ1v) is 12.2. The monoisotopic (exact) mass is 441 g/mol. The van der Waals surface area contributed by atoms with Crippen LogP contribution in [0.3, 0.4) is 0 Å². The average Bonchev–Trinajstić information content (AvgIpc) is 3.17. The minimum atomic E-state index is -3.73. The van der Waals surface area contributed by atoms with E-state index in [-0.39, 0.29) is 28.0 Å². The lowest BCUT2D eigenvalue weighted by molar-refractivity contribution is -0.116. The van der Waals surface area contributed by atoms with E-state index in [0.717, 1.165) is 16.2 Å². The summed E-state index contributed by atoms with van der Waals surface area (Å²) >= 11 is 1.36. The van der Waals surface area contributed by atoms with Gasteiger partial charge in [0.1, 0.15) is 10.6 Å². The molecule has 1 aliphatic rings. The molecule has 0 aliphatic carbocycles. The molecule has 1 aromatic heterocycles. The maximum absolute atomic E-state index is 13.2. The van der Waals surface area contributed by atoms with Gasteiger partial charge in [-0.2, -0.15) is 0 Å². The van der Waals surface area contributed by atoms with Crippen LogP contribution in [-0.4, -0.2) is 20.9 Å². The molecule has 0 fully saturated rings. The molecule has 2 aromatic carbocycles. The largest absolute Gasteiger partial charge is 0.493 e. The number of benzene rings is 2. The zero-order chi connectivity index (χ0) is 21.3. The molecule has 0 spiro atoms. The van der Waals surface area contributed by atoms with E-state index < -0.39 is 9.84 Å². The van der Waals surface area contributed by atoms with Crippen LogP contribution in [-0.2, 0) is 14.6 Å². The first-order valence-electron chi connectivity index (χ1n) is 9.81. The van der Waals surface area contributed by atoms with Gasteiger partial charge in [-0.1, -0.05) is 50.2 Å². The van der Waals surface area contributed by atoms with Gasteiger partial charge in [0.2, 0.25) is 15.7 Å². The predicted octanol–water partition coefficient (Wildman–Crippen LogP) is 5.09. The van der Waals surface area contributed by atoms with Crippen LogP contribution in [0.1, 0.15) is 36.6 Å². The number of ether oxygens (including phenoxy) is 1. The van der Waals surface area contributed by atoms with Crippen molar-refractivity contribution in [3.8, 4) is 5.75 Å². The number of fused-ring (bicyclic) bond motifs is 1. The molecular formula is C23H23NO4S2. The fourth-order valence-electron chi connectivity index (χ4n) is 3.54. The van der Waals surface area contributed by atoms with Crippen molar-refractivity contribution in [2.24, 2.45) is 5.92 Å². The molecule has 1 aliphatic heterocycles. The third kappa shape index (κ3) is 3.87. The number of thiophene rings is 1. The van der Waals surface area contributed by atoms with E-state index in [4.69, 9.17) is 4.74 Å². The summed E-state index contributed by atoms with van der Waals surface area (Å²) in [6.45, 7) is 4.73. The second kappa shape index (κ2) is 8.24. The standard InChI is InChI=1S/C23H23NO4S2/c1-15(2)13-28-19-11-7-6-10-17(19)18-12-21(25)24-22-20(14-29-23(18)22)30(26,27)16-8-4-3-5-9-16/h3-11,14-15,18H,12-13H2,1-2H3,(H,24,25). The maximum atomic E-state index is 13.2. The van der Waals surface area contributed by atoms with Crippen molar-refractivity contribution >= 4 is 32.8 Å². The van der Waals surface area contributed by atoms with Crippen LogP contribution in [0.5, 0.6) is 5.75 Å². The fraction of sp³-hybridized carbons (Fsp3) is 0.261. The smallest absolute Gasteiger partial charge is 0.225 e. The molecule has 0 saturated carbocycles. The van der Waals surface area contributed by atoms with Crippen LogP contribution >= 0.6 is 11.3 Å². The van der Waals surface area contributed by atoms with Gasteiger partial charge in [0.25, 0.3) is 0 Å². The van der Waals surface area contributed by atoms with E-state index in [2.05, 4.69) is 19.2 Å². The molecular weight excluding hydrogens is 418 g/mol. The van der Waals surface area contributed by atoms with E-state index >= 15 is 0 Å². The van der Waals surface area contributed by atoms with Crippen molar-refractivity contribution in [3.63, 3.8) is 0 Å². The number of amides is 1. The minimum Gasteiger partial charge on any atom is -0.493 e. The molecule has 30 heavy (non-hydrogen) atoms. The van der Waals surface area contributed by atoms with Gasteiger partial charge in [0.15, 0.2) is 0 Å². The van der Waals surface area contributed by atoms with E-state index in [1.165, 1.54) is 11.3 Å². The number of para-hydroxylation sites is 1. The summed E-state index contributed by atoms with van der Waals surface area (Å²) in [6.07, 6.45) is 0.250. The average molecular weight is 442 g/mol. The molecule has 4 rings (SSSR count). The molecule has 1 amide bonds. The third-order valence-corrected chi connectivity index (χ3v) is 8.00. The number of rotatable bonds is 6. The van der Waals surface area contributed by atoms with Crippen LogP contribution in [0.4, 0.5) is 5.69 Å². The SMILES string of the molecule is CC(C)COc1ccccc1C1CC(=O)Nc2c(S(=O)(=O)c3ccccc3)csc21. The van der Waals surface area contributed by atoms with Crippen LogP contribution in [0.15, 0.2) is 69.8 Å². The number of carbonyl (C=O) groups is 1. The van der Waals surface area contributed by atoms with E-state index in [0.29, 0.717) is 18.2 Å². The Kier molecular flexibility index (Phi) is 5.66. The summed E-state index contributed by atoms with van der Waals surface area (Å²) in [4.78, 5) is 13.8. The summed E-state index contributed by atoms with van der Waals surface area (Å²) in [5.74, 6) is 0.654. The van der Waals surface area contributed by atoms with Crippen molar-refractivity contribution in [1.82, 2.24) is 0 Å². The lowest BCUT2D eigenvalue weighted by Gasteiger charge is -2.25. The Morgan fingerprint density at radius 1 is 1.10 bits per heavy atom. The van der Waals surface area contributed by atoms with Crippen LogP contribution in [0, 0.1) is 5.92 Å². The lowest BCUT2D eigenvalue weighted by atomic mass is 9.90. The zero-order valence-corrected chi connectivity index (χ0v) is 18.4. The van der Waals surface area contributed by atoms with E-state index in [9.17, 15) is 13.2 Å². The van der Waals surface area contributed by atoms with E-state index in [1.54, 1.807) is 35.7 Å². The first-order chi connectivity index (χ1) is 14.4. The predicted molar refractivity (Wildman–Crippen MR) is 118 cm³/mol. The van der Waals surface area contributed by atoms with Crippen molar-refractivity contribution in [2.45, 2.75) is 36.0 Å². The van der Waals surface area contributed by atoms with Crippen molar-refractivity contribution in [3.05, 3.63) is 70.4 Å². The van der Waals surface area contributed by atoms with Gasteiger partial charge in [-0.15, -0.1) is 11.3 Å². The van der Waals surface area contributed by atoms with Crippen LogP contribution < -0.4 is 10.1 Å². The highest BCUT2D eigenvalue weighted by atomic mass is 32.2. The number of nitrogens with one attached hydrogen (secondary N) is 1. The van der Waals surface area contributed by atoms with Crippen molar-refractivity contribution < 1.29 is 17.9 Å². The van der Waals surface area contributed by atoms with Gasteiger partial charge >= 0.3 is 0 Å². The summed E-state index contributed by atoms with van der Waals surface area (Å²) in [6, 6.07) is 16.0. The molecule has 1 unspecified atom stereocenters. The molecule has 5 nitrogen and oxygen atoms in total. The molecule has 0 radical (unpaired) electrons. The molecule has 0 saturated heterocycles. The normalized spacial score (nSPS) is 16.2. The Hall–Kier alpha value is -2.64. The van der Waals surface area contributed by atoms with E-state index in [1.807, 2.05) is 24.3 Å². The molecule has 1 N–H and O–H groups in total. The highest BCUT2D eigenvalue weighted by Gasteiger charge is 2.35. The summed E-state index contributed by atoms with van der Waals surface area (Å²) in [5.41, 5.74) is 1.29. The molecule has 2 heterocycles. The summed E-state index contributed by atoms with van der Waals surface area (Å²) in [7, 11) is -3.73. The van der Waals surface area contributed by atoms with Crippen molar-refractivity contribution in [2.75, 3.05) is 11.9 Å². The van der Waals surface area contributed by atoms with Gasteiger partial charge in [-0.25, -0.2) is 8.42 Å². The Labute approximate surface area is 180 Å². The minimum absolute atomic E-state index is 0.146. The Morgan fingerprint density at radius 3 is 2.53 bits per heavy atom. The van der Waals surface area contributed by atoms with Crippen LogP contribution in [0.25, 0.3) is 0 Å². The zero-order valence-electron chi connectivity index (χ0n) is 16.8. The quantitative estimate of drug-likeness (QED) is 0.578. The molecule has 156 valence electrons. The lowest BCUT2D eigenvalue weighted by Crippen LogP contribution is -2.24. The number of hydrogen-bond acceptors (Lipinski definition) is 5. The van der Waals surface area contributed by atoms with Gasteiger partial charge in [-0.05, 0) is 24.1 Å². The third-order valence-electron chi connectivity index (χ3n) is 4.97. The molecule has 7 heteroatoms. The van der Waals surface area contributed by atoms with Gasteiger partial charge in [0.05, 0.1) is 17.2 Å². The Bertz CT molecular complexity index is 1170. The van der Waals surface area contributed by atoms with Crippen molar-refractivity contribution in [1.29, 1.82) is 0 Å².